The summed E-state index contributed by atoms with van der Waals surface area (Å²) in [5.74, 6) is 0.543. The number of nitrogens with one attached hydrogen (secondary N) is 1. The standard InChI is InChI=1S/C17H15Cl2N3O2S/c18-12-6-11(7-13(19)15(12)20)21-16(23)14-8-25-9-22(14)17(24)10-4-2-1-3-5-10/h1-7,14H,8-9,20H2,(H,21,23). The molecule has 25 heavy (non-hydrogen) atoms. The molecule has 1 atom stereocenters. The van der Waals surface area contributed by atoms with Gasteiger partial charge in [0.1, 0.15) is 6.04 Å². The Hall–Kier alpha value is -1.89. The van der Waals surface area contributed by atoms with E-state index < -0.39 is 6.04 Å². The lowest BCUT2D eigenvalue weighted by atomic mass is 10.1. The molecule has 0 saturated carbocycles. The predicted octanol–water partition coefficient (Wildman–Crippen LogP) is 3.73. The van der Waals surface area contributed by atoms with Crippen LogP contribution in [-0.4, -0.2) is 34.4 Å². The highest BCUT2D eigenvalue weighted by molar-refractivity contribution is 7.99. The first-order valence-corrected chi connectivity index (χ1v) is 9.37. The van der Waals surface area contributed by atoms with Gasteiger partial charge in [-0.15, -0.1) is 11.8 Å². The fourth-order valence-corrected chi connectivity index (χ4v) is 4.13. The lowest BCUT2D eigenvalue weighted by Crippen LogP contribution is -2.44. The third-order valence-corrected chi connectivity index (χ3v) is 5.45. The van der Waals surface area contributed by atoms with Crippen molar-refractivity contribution >= 4 is 58.2 Å². The maximum Gasteiger partial charge on any atom is 0.255 e. The third kappa shape index (κ3) is 3.86. The van der Waals surface area contributed by atoms with E-state index in [2.05, 4.69) is 5.32 Å². The molecule has 3 rings (SSSR count). The molecule has 0 aliphatic carbocycles. The molecule has 1 unspecified atom stereocenters. The first-order chi connectivity index (χ1) is 12.0. The largest absolute Gasteiger partial charge is 0.396 e. The first-order valence-electron chi connectivity index (χ1n) is 7.46. The summed E-state index contributed by atoms with van der Waals surface area (Å²) in [5, 5.41) is 3.29. The van der Waals surface area contributed by atoms with Gasteiger partial charge in [-0.05, 0) is 24.3 Å². The summed E-state index contributed by atoms with van der Waals surface area (Å²) in [6, 6.07) is 11.4. The zero-order valence-electron chi connectivity index (χ0n) is 13.0. The maximum atomic E-state index is 12.6. The van der Waals surface area contributed by atoms with Crippen molar-refractivity contribution < 1.29 is 9.59 Å². The fraction of sp³-hybridized carbons (Fsp3) is 0.176. The Kier molecular flexibility index (Phi) is 5.42. The van der Waals surface area contributed by atoms with Crippen LogP contribution in [0.15, 0.2) is 42.5 Å². The molecule has 1 fully saturated rings. The molecule has 1 saturated heterocycles. The molecule has 130 valence electrons. The fourth-order valence-electron chi connectivity index (χ4n) is 2.49. The molecule has 0 spiro atoms. The van der Waals surface area contributed by atoms with E-state index >= 15 is 0 Å². The van der Waals surface area contributed by atoms with Crippen molar-refractivity contribution in [1.29, 1.82) is 0 Å². The van der Waals surface area contributed by atoms with Crippen molar-refractivity contribution in [2.24, 2.45) is 0 Å². The Morgan fingerprint density at radius 2 is 1.80 bits per heavy atom. The number of nitrogen functional groups attached to an aromatic ring is 1. The zero-order chi connectivity index (χ0) is 18.0. The van der Waals surface area contributed by atoms with Crippen molar-refractivity contribution in [2.45, 2.75) is 6.04 Å². The number of hydrogen-bond donors (Lipinski definition) is 2. The van der Waals surface area contributed by atoms with Gasteiger partial charge in [-0.2, -0.15) is 0 Å². The van der Waals surface area contributed by atoms with Crippen LogP contribution in [0.1, 0.15) is 10.4 Å². The summed E-state index contributed by atoms with van der Waals surface area (Å²) in [6.07, 6.45) is 0. The van der Waals surface area contributed by atoms with Gasteiger partial charge >= 0.3 is 0 Å². The van der Waals surface area contributed by atoms with E-state index in [1.807, 2.05) is 6.07 Å². The molecular weight excluding hydrogens is 381 g/mol. The van der Waals surface area contributed by atoms with Gasteiger partial charge in [0.15, 0.2) is 0 Å². The van der Waals surface area contributed by atoms with Crippen molar-refractivity contribution in [2.75, 3.05) is 22.7 Å². The number of carbonyl (C=O) groups excluding carboxylic acids is 2. The van der Waals surface area contributed by atoms with E-state index in [4.69, 9.17) is 28.9 Å². The van der Waals surface area contributed by atoms with E-state index in [-0.39, 0.29) is 27.5 Å². The molecule has 0 bridgehead atoms. The Labute approximate surface area is 159 Å². The van der Waals surface area contributed by atoms with Crippen molar-refractivity contribution in [1.82, 2.24) is 4.90 Å². The van der Waals surface area contributed by atoms with E-state index in [1.165, 1.54) is 23.9 Å². The number of hydrogen-bond acceptors (Lipinski definition) is 4. The molecule has 2 aromatic rings. The topological polar surface area (TPSA) is 75.4 Å². The molecule has 5 nitrogen and oxygen atoms in total. The SMILES string of the molecule is Nc1c(Cl)cc(NC(=O)C2CSCN2C(=O)c2ccccc2)cc1Cl. The number of rotatable bonds is 3. The summed E-state index contributed by atoms with van der Waals surface area (Å²) < 4.78 is 0. The van der Waals surface area contributed by atoms with Crippen LogP contribution in [-0.2, 0) is 4.79 Å². The average Bonchev–Trinajstić information content (AvgIpc) is 3.09. The molecule has 1 aliphatic rings. The second-order valence-electron chi connectivity index (χ2n) is 5.50. The Morgan fingerprint density at radius 3 is 2.44 bits per heavy atom. The highest BCUT2D eigenvalue weighted by Crippen LogP contribution is 2.32. The van der Waals surface area contributed by atoms with Gasteiger partial charge in [0.2, 0.25) is 5.91 Å². The number of thioether (sulfide) groups is 1. The smallest absolute Gasteiger partial charge is 0.255 e. The number of anilines is 2. The minimum Gasteiger partial charge on any atom is -0.396 e. The lowest BCUT2D eigenvalue weighted by Gasteiger charge is -2.23. The van der Waals surface area contributed by atoms with Crippen molar-refractivity contribution in [3.63, 3.8) is 0 Å². The number of halogens is 2. The maximum absolute atomic E-state index is 12.6. The Balaban J connectivity index is 1.76. The van der Waals surface area contributed by atoms with Crippen LogP contribution >= 0.6 is 35.0 Å². The van der Waals surface area contributed by atoms with Crippen LogP contribution in [0.3, 0.4) is 0 Å². The second kappa shape index (κ2) is 7.56. The van der Waals surface area contributed by atoms with Crippen LogP contribution in [0.2, 0.25) is 10.0 Å². The van der Waals surface area contributed by atoms with Crippen LogP contribution in [0.5, 0.6) is 0 Å². The highest BCUT2D eigenvalue weighted by Gasteiger charge is 2.35. The van der Waals surface area contributed by atoms with Gasteiger partial charge in [-0.3, -0.25) is 9.59 Å². The third-order valence-electron chi connectivity index (χ3n) is 3.81. The molecule has 1 heterocycles. The molecule has 2 amide bonds. The van der Waals surface area contributed by atoms with E-state index in [9.17, 15) is 9.59 Å². The number of amides is 2. The van der Waals surface area contributed by atoms with Gasteiger partial charge in [-0.25, -0.2) is 0 Å². The summed E-state index contributed by atoms with van der Waals surface area (Å²) in [4.78, 5) is 26.8. The summed E-state index contributed by atoms with van der Waals surface area (Å²) >= 11 is 13.5. The lowest BCUT2D eigenvalue weighted by molar-refractivity contribution is -0.119. The number of nitrogens with two attached hydrogens (primary N) is 1. The van der Waals surface area contributed by atoms with Crippen molar-refractivity contribution in [3.05, 3.63) is 58.1 Å². The Bertz CT molecular complexity index is 794. The molecule has 3 N–H and O–H groups in total. The zero-order valence-corrected chi connectivity index (χ0v) is 15.4. The van der Waals surface area contributed by atoms with E-state index in [0.29, 0.717) is 22.9 Å². The van der Waals surface area contributed by atoms with Crippen LogP contribution in [0.4, 0.5) is 11.4 Å². The minimum absolute atomic E-state index is 0.167. The molecule has 0 aromatic heterocycles. The van der Waals surface area contributed by atoms with Gasteiger partial charge in [0.05, 0.1) is 21.6 Å². The quantitative estimate of drug-likeness (QED) is 0.776. The number of carbonyl (C=O) groups is 2. The van der Waals surface area contributed by atoms with Crippen LogP contribution in [0, 0.1) is 0 Å². The van der Waals surface area contributed by atoms with Gasteiger partial charge < -0.3 is 16.0 Å². The summed E-state index contributed by atoms with van der Waals surface area (Å²) in [6.45, 7) is 0. The number of nitrogens with zero attached hydrogens (tertiary/aromatic N) is 1. The molecule has 2 aromatic carbocycles. The molecule has 0 radical (unpaired) electrons. The monoisotopic (exact) mass is 395 g/mol. The van der Waals surface area contributed by atoms with E-state index in [1.54, 1.807) is 29.2 Å². The molecule has 1 aliphatic heterocycles. The predicted molar refractivity (Wildman–Crippen MR) is 103 cm³/mol. The summed E-state index contributed by atoms with van der Waals surface area (Å²) in [7, 11) is 0. The minimum atomic E-state index is -0.562. The van der Waals surface area contributed by atoms with Gasteiger partial charge in [-0.1, -0.05) is 41.4 Å². The first kappa shape index (κ1) is 17.9. The summed E-state index contributed by atoms with van der Waals surface area (Å²) in [5.41, 5.74) is 6.96. The van der Waals surface area contributed by atoms with E-state index in [0.717, 1.165) is 0 Å². The molecule has 8 heteroatoms. The normalized spacial score (nSPS) is 16.7. The Morgan fingerprint density at radius 1 is 1.16 bits per heavy atom. The molecular formula is C17H15Cl2N3O2S. The van der Waals surface area contributed by atoms with Gasteiger partial charge in [0.25, 0.3) is 5.91 Å². The van der Waals surface area contributed by atoms with Crippen LogP contribution < -0.4 is 11.1 Å². The van der Waals surface area contributed by atoms with Crippen molar-refractivity contribution in [3.8, 4) is 0 Å². The average molecular weight is 396 g/mol. The second-order valence-corrected chi connectivity index (χ2v) is 7.31. The van der Waals surface area contributed by atoms with Crippen LogP contribution in [0.25, 0.3) is 0 Å². The highest BCUT2D eigenvalue weighted by atomic mass is 35.5. The van der Waals surface area contributed by atoms with Gasteiger partial charge in [0, 0.05) is 17.0 Å². The number of benzene rings is 2.